The predicted octanol–water partition coefficient (Wildman–Crippen LogP) is 3.55. The molecule has 1 aromatic heterocycles. The van der Waals surface area contributed by atoms with E-state index in [1.807, 2.05) is 31.2 Å². The molecular weight excluding hydrogens is 383 g/mol. The van der Waals surface area contributed by atoms with Gasteiger partial charge in [-0.25, -0.2) is 4.98 Å². The summed E-state index contributed by atoms with van der Waals surface area (Å²) in [7, 11) is 0. The van der Waals surface area contributed by atoms with Gasteiger partial charge in [-0.1, -0.05) is 42.0 Å². The van der Waals surface area contributed by atoms with Crippen molar-refractivity contribution in [2.75, 3.05) is 0 Å². The van der Waals surface area contributed by atoms with Crippen molar-refractivity contribution in [3.05, 3.63) is 88.0 Å². The van der Waals surface area contributed by atoms with E-state index in [0.29, 0.717) is 12.1 Å². The Balaban J connectivity index is 1.65. The molecule has 29 heavy (non-hydrogen) atoms. The summed E-state index contributed by atoms with van der Waals surface area (Å²) < 4.78 is 39.1. The molecule has 0 bridgehead atoms. The van der Waals surface area contributed by atoms with Gasteiger partial charge >= 0.3 is 6.18 Å². The number of aromatic nitrogens is 2. The van der Waals surface area contributed by atoms with Gasteiger partial charge in [0.25, 0.3) is 5.56 Å². The van der Waals surface area contributed by atoms with Gasteiger partial charge < -0.3 is 5.32 Å². The predicted molar refractivity (Wildman–Crippen MR) is 102 cm³/mol. The summed E-state index contributed by atoms with van der Waals surface area (Å²) in [6, 6.07) is 13.3. The van der Waals surface area contributed by atoms with Crippen LogP contribution < -0.4 is 10.9 Å². The number of rotatable bonds is 5. The molecule has 0 atom stereocenters. The van der Waals surface area contributed by atoms with Crippen LogP contribution in [0.3, 0.4) is 0 Å². The summed E-state index contributed by atoms with van der Waals surface area (Å²) in [6.07, 6.45) is -3.22. The Hall–Kier alpha value is -3.42. The standard InChI is InChI=1S/C21H18F3N3O2/c1-14-2-4-15(5-3-14)11-25-19(28)12-27-13-26-18(10-20(27)29)16-6-8-17(9-7-16)21(22,23)24/h2-10,13H,11-12H2,1H3,(H,25,28). The van der Waals surface area contributed by atoms with E-state index in [1.54, 1.807) is 0 Å². The lowest BCUT2D eigenvalue weighted by Gasteiger charge is -2.09. The summed E-state index contributed by atoms with van der Waals surface area (Å²) in [4.78, 5) is 28.4. The normalized spacial score (nSPS) is 11.3. The van der Waals surface area contributed by atoms with Gasteiger partial charge in [-0.2, -0.15) is 13.2 Å². The average Bonchev–Trinajstić information content (AvgIpc) is 2.68. The zero-order valence-electron chi connectivity index (χ0n) is 15.5. The number of amides is 1. The molecule has 0 spiro atoms. The molecular formula is C21H18F3N3O2. The SMILES string of the molecule is Cc1ccc(CNC(=O)Cn2cnc(-c3ccc(C(F)(F)F)cc3)cc2=O)cc1. The summed E-state index contributed by atoms with van der Waals surface area (Å²) >= 11 is 0. The number of halogens is 3. The number of carbonyl (C=O) groups excluding carboxylic acids is 1. The first-order valence-electron chi connectivity index (χ1n) is 8.79. The maximum atomic E-state index is 12.6. The van der Waals surface area contributed by atoms with E-state index in [0.717, 1.165) is 27.8 Å². The van der Waals surface area contributed by atoms with Crippen LogP contribution in [0.25, 0.3) is 11.3 Å². The van der Waals surface area contributed by atoms with Gasteiger partial charge in [0.1, 0.15) is 6.54 Å². The van der Waals surface area contributed by atoms with Crippen LogP contribution in [0.15, 0.2) is 65.7 Å². The van der Waals surface area contributed by atoms with Crippen molar-refractivity contribution in [1.82, 2.24) is 14.9 Å². The Morgan fingerprint density at radius 2 is 1.72 bits per heavy atom. The Bertz CT molecular complexity index is 1060. The third-order valence-corrected chi connectivity index (χ3v) is 4.31. The highest BCUT2D eigenvalue weighted by atomic mass is 19.4. The van der Waals surface area contributed by atoms with Crippen LogP contribution in [0.1, 0.15) is 16.7 Å². The lowest BCUT2D eigenvalue weighted by molar-refractivity contribution is -0.137. The number of aryl methyl sites for hydroxylation is 1. The minimum absolute atomic E-state index is 0.203. The lowest BCUT2D eigenvalue weighted by atomic mass is 10.1. The first-order valence-corrected chi connectivity index (χ1v) is 8.79. The van der Waals surface area contributed by atoms with Crippen LogP contribution in [0.5, 0.6) is 0 Å². The highest BCUT2D eigenvalue weighted by molar-refractivity contribution is 5.75. The van der Waals surface area contributed by atoms with Gasteiger partial charge in [-0.05, 0) is 24.6 Å². The first-order chi connectivity index (χ1) is 13.7. The van der Waals surface area contributed by atoms with E-state index >= 15 is 0 Å². The third-order valence-electron chi connectivity index (χ3n) is 4.31. The summed E-state index contributed by atoms with van der Waals surface area (Å²) in [5.74, 6) is -0.350. The summed E-state index contributed by atoms with van der Waals surface area (Å²) in [5, 5.41) is 2.73. The minimum atomic E-state index is -4.43. The molecule has 2 aromatic carbocycles. The Morgan fingerprint density at radius 3 is 2.31 bits per heavy atom. The van der Waals surface area contributed by atoms with Crippen molar-refractivity contribution in [1.29, 1.82) is 0 Å². The van der Waals surface area contributed by atoms with Crippen molar-refractivity contribution < 1.29 is 18.0 Å². The van der Waals surface area contributed by atoms with Crippen LogP contribution in [0.2, 0.25) is 0 Å². The maximum Gasteiger partial charge on any atom is 0.416 e. The van der Waals surface area contributed by atoms with Gasteiger partial charge in [-0.3, -0.25) is 14.2 Å². The minimum Gasteiger partial charge on any atom is -0.350 e. The number of nitrogens with one attached hydrogen (secondary N) is 1. The van der Waals surface area contributed by atoms with Crippen molar-refractivity contribution >= 4 is 5.91 Å². The fraction of sp³-hybridized carbons (Fsp3) is 0.190. The van der Waals surface area contributed by atoms with E-state index in [1.165, 1.54) is 24.5 Å². The number of hydrogen-bond donors (Lipinski definition) is 1. The van der Waals surface area contributed by atoms with Crippen molar-refractivity contribution in [3.8, 4) is 11.3 Å². The first kappa shape index (κ1) is 20.3. The number of benzene rings is 2. The van der Waals surface area contributed by atoms with Crippen LogP contribution in [-0.4, -0.2) is 15.5 Å². The highest BCUT2D eigenvalue weighted by Crippen LogP contribution is 2.30. The van der Waals surface area contributed by atoms with Gasteiger partial charge in [0.05, 0.1) is 17.6 Å². The van der Waals surface area contributed by atoms with Gasteiger partial charge in [0.2, 0.25) is 5.91 Å². The molecule has 150 valence electrons. The second-order valence-electron chi connectivity index (χ2n) is 6.58. The zero-order valence-corrected chi connectivity index (χ0v) is 15.5. The molecule has 8 heteroatoms. The highest BCUT2D eigenvalue weighted by Gasteiger charge is 2.30. The monoisotopic (exact) mass is 401 g/mol. The topological polar surface area (TPSA) is 64.0 Å². The molecule has 1 amide bonds. The third kappa shape index (κ3) is 5.31. The van der Waals surface area contributed by atoms with E-state index in [4.69, 9.17) is 0 Å². The molecule has 1 N–H and O–H groups in total. The average molecular weight is 401 g/mol. The van der Waals surface area contributed by atoms with E-state index < -0.39 is 17.3 Å². The molecule has 5 nitrogen and oxygen atoms in total. The number of alkyl halides is 3. The molecule has 3 rings (SSSR count). The van der Waals surface area contributed by atoms with Crippen LogP contribution in [0.4, 0.5) is 13.2 Å². The zero-order chi connectivity index (χ0) is 21.0. The largest absolute Gasteiger partial charge is 0.416 e. The van der Waals surface area contributed by atoms with Crippen molar-refractivity contribution in [2.45, 2.75) is 26.2 Å². The van der Waals surface area contributed by atoms with Crippen LogP contribution in [-0.2, 0) is 24.1 Å². The molecule has 3 aromatic rings. The summed E-state index contributed by atoms with van der Waals surface area (Å²) in [6.45, 7) is 2.10. The lowest BCUT2D eigenvalue weighted by Crippen LogP contribution is -2.31. The molecule has 1 heterocycles. The molecule has 0 aliphatic carbocycles. The number of nitrogens with zero attached hydrogens (tertiary/aromatic N) is 2. The Morgan fingerprint density at radius 1 is 1.07 bits per heavy atom. The van der Waals surface area contributed by atoms with E-state index in [-0.39, 0.29) is 18.1 Å². The molecule has 0 unspecified atom stereocenters. The van der Waals surface area contributed by atoms with Crippen molar-refractivity contribution in [3.63, 3.8) is 0 Å². The number of hydrogen-bond acceptors (Lipinski definition) is 3. The Labute approximate surface area is 164 Å². The molecule has 0 aliphatic heterocycles. The molecule has 0 fully saturated rings. The summed E-state index contributed by atoms with van der Waals surface area (Å²) in [5.41, 5.74) is 1.42. The van der Waals surface area contributed by atoms with E-state index in [9.17, 15) is 22.8 Å². The molecule has 0 saturated heterocycles. The fourth-order valence-corrected chi connectivity index (χ4v) is 2.65. The van der Waals surface area contributed by atoms with Gasteiger partial charge in [0.15, 0.2) is 0 Å². The molecule has 0 radical (unpaired) electrons. The van der Waals surface area contributed by atoms with Gasteiger partial charge in [0, 0.05) is 18.2 Å². The van der Waals surface area contributed by atoms with Crippen molar-refractivity contribution in [2.24, 2.45) is 0 Å². The van der Waals surface area contributed by atoms with Crippen LogP contribution >= 0.6 is 0 Å². The second kappa shape index (κ2) is 8.30. The molecule has 0 saturated carbocycles. The quantitative estimate of drug-likeness (QED) is 0.711. The van der Waals surface area contributed by atoms with Gasteiger partial charge in [-0.15, -0.1) is 0 Å². The molecule has 0 aliphatic rings. The maximum absolute atomic E-state index is 12.6. The fourth-order valence-electron chi connectivity index (χ4n) is 2.65. The van der Waals surface area contributed by atoms with Crippen LogP contribution in [0, 0.1) is 6.92 Å². The van der Waals surface area contributed by atoms with E-state index in [2.05, 4.69) is 10.3 Å². The smallest absolute Gasteiger partial charge is 0.350 e. The number of carbonyl (C=O) groups is 1. The second-order valence-corrected chi connectivity index (χ2v) is 6.58. The Kier molecular flexibility index (Phi) is 5.81.